The number of hydrogen-bond donors (Lipinski definition) is 2. The molecule has 2 N–H and O–H groups in total. The number of rotatable bonds is 4. The minimum atomic E-state index is -4.50. The summed E-state index contributed by atoms with van der Waals surface area (Å²) in [4.78, 5) is 20.0. The van der Waals surface area contributed by atoms with Gasteiger partial charge >= 0.3 is 6.18 Å². The second kappa shape index (κ2) is 8.30. The predicted molar refractivity (Wildman–Crippen MR) is 108 cm³/mol. The fraction of sp³-hybridized carbons (Fsp3) is 0.318. The normalized spacial score (nSPS) is 19.4. The van der Waals surface area contributed by atoms with Crippen LogP contribution in [0.3, 0.4) is 0 Å². The number of benzene rings is 1. The number of anilines is 1. The summed E-state index contributed by atoms with van der Waals surface area (Å²) in [6.07, 6.45) is 1.65. The number of pyridine rings is 2. The van der Waals surface area contributed by atoms with Crippen LogP contribution in [0.5, 0.6) is 0 Å². The summed E-state index contributed by atoms with van der Waals surface area (Å²) in [6, 6.07) is 11.3. The van der Waals surface area contributed by atoms with Gasteiger partial charge in [0.1, 0.15) is 5.69 Å². The molecule has 3 aromatic rings. The Morgan fingerprint density at radius 3 is 2.33 bits per heavy atom. The number of amides is 1. The first-order valence-electron chi connectivity index (χ1n) is 9.84. The molecule has 1 aliphatic rings. The van der Waals surface area contributed by atoms with Crippen molar-refractivity contribution in [1.82, 2.24) is 15.3 Å². The van der Waals surface area contributed by atoms with Crippen LogP contribution in [0.2, 0.25) is 0 Å². The molecule has 1 aliphatic carbocycles. The highest BCUT2D eigenvalue weighted by Gasteiger charge is 2.33. The van der Waals surface area contributed by atoms with Crippen LogP contribution in [0.25, 0.3) is 10.9 Å². The number of nitrogens with one attached hydrogen (secondary N) is 2. The van der Waals surface area contributed by atoms with Crippen molar-refractivity contribution in [3.8, 4) is 0 Å². The maximum atomic E-state index is 13.3. The Labute approximate surface area is 171 Å². The number of halogens is 3. The number of aromatic nitrogens is 2. The Kier molecular flexibility index (Phi) is 5.57. The fourth-order valence-corrected chi connectivity index (χ4v) is 3.81. The number of para-hydroxylation sites is 1. The van der Waals surface area contributed by atoms with Crippen LogP contribution in [-0.4, -0.2) is 28.0 Å². The molecular formula is C22H21F3N4O. The fourth-order valence-electron chi connectivity index (χ4n) is 3.81. The van der Waals surface area contributed by atoms with Crippen molar-refractivity contribution < 1.29 is 18.0 Å². The Morgan fingerprint density at radius 2 is 1.63 bits per heavy atom. The molecule has 0 saturated heterocycles. The Bertz CT molecular complexity index is 1030. The van der Waals surface area contributed by atoms with E-state index in [4.69, 9.17) is 0 Å². The smallest absolute Gasteiger partial charge is 0.382 e. The molecule has 8 heteroatoms. The van der Waals surface area contributed by atoms with Crippen LogP contribution in [0.15, 0.2) is 54.9 Å². The van der Waals surface area contributed by atoms with E-state index in [1.807, 2.05) is 0 Å². The van der Waals surface area contributed by atoms with Gasteiger partial charge in [-0.2, -0.15) is 13.2 Å². The van der Waals surface area contributed by atoms with Crippen molar-refractivity contribution in [2.24, 2.45) is 0 Å². The molecular weight excluding hydrogens is 393 g/mol. The number of carbonyl (C=O) groups excluding carboxylic acids is 1. The Morgan fingerprint density at radius 1 is 0.967 bits per heavy atom. The maximum Gasteiger partial charge on any atom is 0.433 e. The number of carbonyl (C=O) groups is 1. The number of fused-ring (bicyclic) bond motifs is 1. The molecule has 2 heterocycles. The zero-order chi connectivity index (χ0) is 21.1. The monoisotopic (exact) mass is 414 g/mol. The van der Waals surface area contributed by atoms with Crippen LogP contribution >= 0.6 is 0 Å². The summed E-state index contributed by atoms with van der Waals surface area (Å²) in [5.41, 5.74) is 0.417. The first kappa shape index (κ1) is 20.1. The number of nitrogens with zero attached hydrogens (tertiary/aromatic N) is 2. The van der Waals surface area contributed by atoms with Gasteiger partial charge in [-0.05, 0) is 49.9 Å². The highest BCUT2D eigenvalue weighted by Crippen LogP contribution is 2.34. The highest BCUT2D eigenvalue weighted by molar-refractivity contribution is 5.94. The summed E-state index contributed by atoms with van der Waals surface area (Å²) in [7, 11) is 0. The van der Waals surface area contributed by atoms with Crippen LogP contribution in [0.1, 0.15) is 41.7 Å². The minimum absolute atomic E-state index is 0.0333. The van der Waals surface area contributed by atoms with E-state index in [2.05, 4.69) is 20.6 Å². The molecule has 30 heavy (non-hydrogen) atoms. The SMILES string of the molecule is O=C(NC1CCC(Nc2cc(C(F)(F)F)nc3ccccc23)CC1)c1ccncc1. The lowest BCUT2D eigenvalue weighted by molar-refractivity contribution is -0.140. The van der Waals surface area contributed by atoms with E-state index in [-0.39, 0.29) is 18.0 Å². The van der Waals surface area contributed by atoms with E-state index in [1.54, 1.807) is 48.8 Å². The molecule has 0 unspecified atom stereocenters. The third-order valence-electron chi connectivity index (χ3n) is 5.37. The molecule has 0 spiro atoms. The van der Waals surface area contributed by atoms with Gasteiger partial charge in [0.2, 0.25) is 0 Å². The lowest BCUT2D eigenvalue weighted by Gasteiger charge is -2.30. The molecule has 156 valence electrons. The first-order valence-corrected chi connectivity index (χ1v) is 9.84. The number of alkyl halides is 3. The zero-order valence-electron chi connectivity index (χ0n) is 16.1. The summed E-state index contributed by atoms with van der Waals surface area (Å²) in [6.45, 7) is 0. The van der Waals surface area contributed by atoms with Crippen molar-refractivity contribution in [2.75, 3.05) is 5.32 Å². The lowest BCUT2D eigenvalue weighted by Crippen LogP contribution is -2.40. The molecule has 0 bridgehead atoms. The van der Waals surface area contributed by atoms with Gasteiger partial charge in [-0.1, -0.05) is 18.2 Å². The highest BCUT2D eigenvalue weighted by atomic mass is 19.4. The molecule has 1 saturated carbocycles. The third-order valence-corrected chi connectivity index (χ3v) is 5.37. The molecule has 0 atom stereocenters. The van der Waals surface area contributed by atoms with Crippen molar-refractivity contribution >= 4 is 22.5 Å². The van der Waals surface area contributed by atoms with E-state index in [0.717, 1.165) is 31.7 Å². The number of hydrogen-bond acceptors (Lipinski definition) is 4. The van der Waals surface area contributed by atoms with Crippen LogP contribution in [0, 0.1) is 0 Å². The minimum Gasteiger partial charge on any atom is -0.382 e. The molecule has 1 aromatic carbocycles. The van der Waals surface area contributed by atoms with Gasteiger partial charge in [-0.15, -0.1) is 0 Å². The molecule has 1 amide bonds. The van der Waals surface area contributed by atoms with Crippen LogP contribution in [-0.2, 0) is 6.18 Å². The second-order valence-electron chi connectivity index (χ2n) is 7.47. The average molecular weight is 414 g/mol. The van der Waals surface area contributed by atoms with Crippen LogP contribution < -0.4 is 10.6 Å². The molecule has 5 nitrogen and oxygen atoms in total. The molecule has 0 radical (unpaired) electrons. The van der Waals surface area contributed by atoms with Gasteiger partial charge in [-0.25, -0.2) is 4.98 Å². The summed E-state index contributed by atoms with van der Waals surface area (Å²) in [5, 5.41) is 6.97. The van der Waals surface area contributed by atoms with Gasteiger partial charge in [0.25, 0.3) is 5.91 Å². The van der Waals surface area contributed by atoms with Gasteiger partial charge in [0.05, 0.1) is 5.52 Å². The lowest BCUT2D eigenvalue weighted by atomic mass is 9.90. The predicted octanol–water partition coefficient (Wildman–Crippen LogP) is 4.80. The van der Waals surface area contributed by atoms with Gasteiger partial charge in [-0.3, -0.25) is 9.78 Å². The van der Waals surface area contributed by atoms with Gasteiger partial charge in [0, 0.05) is 41.1 Å². The summed E-state index contributed by atoms with van der Waals surface area (Å²) in [5.74, 6) is -0.135. The van der Waals surface area contributed by atoms with Crippen LogP contribution in [0.4, 0.5) is 18.9 Å². The van der Waals surface area contributed by atoms with Crippen molar-refractivity contribution in [1.29, 1.82) is 0 Å². The molecule has 0 aliphatic heterocycles. The summed E-state index contributed by atoms with van der Waals surface area (Å²) < 4.78 is 39.8. The first-order chi connectivity index (χ1) is 14.4. The molecule has 1 fully saturated rings. The van der Waals surface area contributed by atoms with E-state index >= 15 is 0 Å². The van der Waals surface area contributed by atoms with Crippen molar-refractivity contribution in [2.45, 2.75) is 43.9 Å². The van der Waals surface area contributed by atoms with Crippen molar-refractivity contribution in [3.05, 3.63) is 66.1 Å². The Balaban J connectivity index is 1.43. The standard InChI is InChI=1S/C22H21F3N4O/c23-22(24,25)20-13-19(17-3-1-2-4-18(17)29-20)27-15-5-7-16(8-6-15)28-21(30)14-9-11-26-12-10-14/h1-4,9-13,15-16H,5-8H2,(H,27,29)(H,28,30). The topological polar surface area (TPSA) is 66.9 Å². The second-order valence-corrected chi connectivity index (χ2v) is 7.47. The average Bonchev–Trinajstić information content (AvgIpc) is 2.75. The van der Waals surface area contributed by atoms with E-state index in [0.29, 0.717) is 22.2 Å². The van der Waals surface area contributed by atoms with Gasteiger partial charge in [0.15, 0.2) is 0 Å². The molecule has 4 rings (SSSR count). The van der Waals surface area contributed by atoms with Crippen molar-refractivity contribution in [3.63, 3.8) is 0 Å². The Hall–Kier alpha value is -3.16. The summed E-state index contributed by atoms with van der Waals surface area (Å²) >= 11 is 0. The third kappa shape index (κ3) is 4.53. The zero-order valence-corrected chi connectivity index (χ0v) is 16.1. The quantitative estimate of drug-likeness (QED) is 0.644. The van der Waals surface area contributed by atoms with E-state index in [9.17, 15) is 18.0 Å². The van der Waals surface area contributed by atoms with Gasteiger partial charge < -0.3 is 10.6 Å². The maximum absolute atomic E-state index is 13.3. The largest absolute Gasteiger partial charge is 0.433 e. The van der Waals surface area contributed by atoms with E-state index in [1.165, 1.54) is 0 Å². The molecule has 2 aromatic heterocycles. The van der Waals surface area contributed by atoms with E-state index < -0.39 is 11.9 Å².